The molecule has 1 heterocycles. The molecule has 0 amide bonds. The van der Waals surface area contributed by atoms with E-state index in [1.165, 1.54) is 24.4 Å². The maximum Gasteiger partial charge on any atom is 0.263 e. The van der Waals surface area contributed by atoms with Crippen LogP contribution in [0.2, 0.25) is 0 Å². The van der Waals surface area contributed by atoms with Crippen LogP contribution in [-0.2, 0) is 17.1 Å². The standard InChI is InChI=1S/C11H12FN3O2S/c1-15-5-4-9(7-15)18(16,17)14-11-6-8(13)2-3-10(11)12/h2-7,14H,13H2,1H3. The molecular weight excluding hydrogens is 257 g/mol. The maximum atomic E-state index is 13.4. The van der Waals surface area contributed by atoms with E-state index < -0.39 is 15.8 Å². The number of sulfonamides is 1. The molecule has 2 rings (SSSR count). The molecule has 0 spiro atoms. The highest BCUT2D eigenvalue weighted by atomic mass is 32.2. The lowest BCUT2D eigenvalue weighted by molar-refractivity contribution is 0.598. The van der Waals surface area contributed by atoms with Crippen molar-refractivity contribution in [3.05, 3.63) is 42.5 Å². The maximum absolute atomic E-state index is 13.4. The third-order valence-electron chi connectivity index (χ3n) is 2.35. The number of aryl methyl sites for hydroxylation is 1. The SMILES string of the molecule is Cn1ccc(S(=O)(=O)Nc2cc(N)ccc2F)c1. The fourth-order valence-electron chi connectivity index (χ4n) is 1.46. The topological polar surface area (TPSA) is 77.1 Å². The number of nitrogens with zero attached hydrogens (tertiary/aromatic N) is 1. The van der Waals surface area contributed by atoms with Gasteiger partial charge in [-0.2, -0.15) is 0 Å². The minimum atomic E-state index is -3.80. The zero-order valence-electron chi connectivity index (χ0n) is 9.59. The van der Waals surface area contributed by atoms with Gasteiger partial charge in [-0.25, -0.2) is 12.8 Å². The molecule has 18 heavy (non-hydrogen) atoms. The van der Waals surface area contributed by atoms with E-state index in [9.17, 15) is 12.8 Å². The molecule has 7 heteroatoms. The Morgan fingerprint density at radius 3 is 2.67 bits per heavy atom. The number of nitrogens with one attached hydrogen (secondary N) is 1. The summed E-state index contributed by atoms with van der Waals surface area (Å²) in [5.74, 6) is -0.677. The van der Waals surface area contributed by atoms with Crippen LogP contribution in [0.25, 0.3) is 0 Å². The van der Waals surface area contributed by atoms with E-state index in [0.29, 0.717) is 0 Å². The van der Waals surface area contributed by atoms with Gasteiger partial charge in [0.05, 0.1) is 5.69 Å². The quantitative estimate of drug-likeness (QED) is 0.830. The first-order chi connectivity index (χ1) is 8.38. The van der Waals surface area contributed by atoms with E-state index in [2.05, 4.69) is 4.72 Å². The summed E-state index contributed by atoms with van der Waals surface area (Å²) >= 11 is 0. The van der Waals surface area contributed by atoms with Crippen LogP contribution >= 0.6 is 0 Å². The summed E-state index contributed by atoms with van der Waals surface area (Å²) in [7, 11) is -2.10. The summed E-state index contributed by atoms with van der Waals surface area (Å²) in [4.78, 5) is 0.0619. The van der Waals surface area contributed by atoms with E-state index in [4.69, 9.17) is 5.73 Å². The van der Waals surface area contributed by atoms with E-state index in [1.807, 2.05) is 0 Å². The van der Waals surface area contributed by atoms with Crippen LogP contribution in [0.4, 0.5) is 15.8 Å². The number of hydrogen-bond acceptors (Lipinski definition) is 3. The molecule has 0 aliphatic carbocycles. The molecular formula is C11H12FN3O2S. The predicted molar refractivity (Wildman–Crippen MR) is 67.0 cm³/mol. The summed E-state index contributed by atoms with van der Waals surface area (Å²) in [5, 5.41) is 0. The van der Waals surface area contributed by atoms with Gasteiger partial charge in [0, 0.05) is 25.1 Å². The first-order valence-electron chi connectivity index (χ1n) is 5.08. The Bertz CT molecular complexity index is 679. The number of nitrogens with two attached hydrogens (primary N) is 1. The molecule has 1 aromatic heterocycles. The number of halogens is 1. The van der Waals surface area contributed by atoms with Gasteiger partial charge >= 0.3 is 0 Å². The van der Waals surface area contributed by atoms with Gasteiger partial charge in [0.2, 0.25) is 0 Å². The van der Waals surface area contributed by atoms with Gasteiger partial charge in [-0.3, -0.25) is 4.72 Å². The molecule has 0 radical (unpaired) electrons. The fourth-order valence-corrected chi connectivity index (χ4v) is 2.57. The lowest BCUT2D eigenvalue weighted by Crippen LogP contribution is -2.13. The normalized spacial score (nSPS) is 11.4. The fraction of sp³-hybridized carbons (Fsp3) is 0.0909. The molecule has 0 aliphatic rings. The number of nitrogen functional groups attached to an aromatic ring is 1. The number of hydrogen-bond donors (Lipinski definition) is 2. The van der Waals surface area contributed by atoms with Gasteiger partial charge in [-0.05, 0) is 24.3 Å². The van der Waals surface area contributed by atoms with Crippen LogP contribution in [0.15, 0.2) is 41.6 Å². The zero-order chi connectivity index (χ0) is 13.3. The van der Waals surface area contributed by atoms with Crippen molar-refractivity contribution in [2.24, 2.45) is 7.05 Å². The van der Waals surface area contributed by atoms with Crippen molar-refractivity contribution < 1.29 is 12.8 Å². The average molecular weight is 269 g/mol. The number of aromatic nitrogens is 1. The Hall–Kier alpha value is -2.02. The van der Waals surface area contributed by atoms with Crippen molar-refractivity contribution in [3.8, 4) is 0 Å². The van der Waals surface area contributed by atoms with Crippen molar-refractivity contribution in [1.82, 2.24) is 4.57 Å². The Balaban J connectivity index is 2.36. The van der Waals surface area contributed by atoms with Crippen molar-refractivity contribution in [3.63, 3.8) is 0 Å². The Morgan fingerprint density at radius 1 is 1.33 bits per heavy atom. The molecule has 1 aromatic carbocycles. The summed E-state index contributed by atoms with van der Waals surface area (Å²) in [6.45, 7) is 0. The van der Waals surface area contributed by atoms with Crippen molar-refractivity contribution in [1.29, 1.82) is 0 Å². The first kappa shape index (κ1) is 12.4. The van der Waals surface area contributed by atoms with Gasteiger partial charge in [0.25, 0.3) is 10.0 Å². The molecule has 3 N–H and O–H groups in total. The molecule has 0 fully saturated rings. The third-order valence-corrected chi connectivity index (χ3v) is 3.70. The van der Waals surface area contributed by atoms with Crippen LogP contribution in [0.1, 0.15) is 0 Å². The lowest BCUT2D eigenvalue weighted by atomic mass is 10.3. The molecule has 0 bridgehead atoms. The zero-order valence-corrected chi connectivity index (χ0v) is 10.4. The Kier molecular flexibility index (Phi) is 3.00. The second kappa shape index (κ2) is 4.34. The van der Waals surface area contributed by atoms with E-state index in [-0.39, 0.29) is 16.3 Å². The van der Waals surface area contributed by atoms with Crippen molar-refractivity contribution >= 4 is 21.4 Å². The summed E-state index contributed by atoms with van der Waals surface area (Å²) in [5.41, 5.74) is 5.60. The molecule has 2 aromatic rings. The van der Waals surface area contributed by atoms with Gasteiger partial charge < -0.3 is 10.3 Å². The number of anilines is 2. The average Bonchev–Trinajstić information content (AvgIpc) is 2.71. The Morgan fingerprint density at radius 2 is 2.06 bits per heavy atom. The largest absolute Gasteiger partial charge is 0.399 e. The second-order valence-electron chi connectivity index (χ2n) is 3.86. The number of rotatable bonds is 3. The molecule has 0 saturated heterocycles. The summed E-state index contributed by atoms with van der Waals surface area (Å²) in [6.07, 6.45) is 3.01. The van der Waals surface area contributed by atoms with Crippen LogP contribution in [-0.4, -0.2) is 13.0 Å². The first-order valence-corrected chi connectivity index (χ1v) is 6.56. The molecule has 0 saturated carbocycles. The third kappa shape index (κ3) is 2.45. The highest BCUT2D eigenvalue weighted by molar-refractivity contribution is 7.92. The van der Waals surface area contributed by atoms with Gasteiger partial charge in [0.15, 0.2) is 0 Å². The molecule has 0 atom stereocenters. The number of benzene rings is 1. The molecule has 0 aliphatic heterocycles. The molecule has 5 nitrogen and oxygen atoms in total. The molecule has 0 unspecified atom stereocenters. The predicted octanol–water partition coefficient (Wildman–Crippen LogP) is 1.55. The van der Waals surface area contributed by atoms with Crippen LogP contribution in [0, 0.1) is 5.82 Å². The lowest BCUT2D eigenvalue weighted by Gasteiger charge is -2.08. The van der Waals surface area contributed by atoms with Gasteiger partial charge in [-0.1, -0.05) is 0 Å². The smallest absolute Gasteiger partial charge is 0.263 e. The minimum absolute atomic E-state index is 0.0619. The van der Waals surface area contributed by atoms with E-state index >= 15 is 0 Å². The van der Waals surface area contributed by atoms with Gasteiger partial charge in [-0.15, -0.1) is 0 Å². The Labute approximate surface area is 104 Å². The van der Waals surface area contributed by atoms with Crippen LogP contribution in [0.5, 0.6) is 0 Å². The second-order valence-corrected chi connectivity index (χ2v) is 5.54. The highest BCUT2D eigenvalue weighted by Crippen LogP contribution is 2.21. The van der Waals surface area contributed by atoms with Crippen LogP contribution < -0.4 is 10.5 Å². The van der Waals surface area contributed by atoms with Crippen molar-refractivity contribution in [2.75, 3.05) is 10.5 Å². The molecule has 96 valence electrons. The minimum Gasteiger partial charge on any atom is -0.399 e. The van der Waals surface area contributed by atoms with E-state index in [0.717, 1.165) is 6.07 Å². The monoisotopic (exact) mass is 269 g/mol. The van der Waals surface area contributed by atoms with E-state index in [1.54, 1.807) is 17.8 Å². The van der Waals surface area contributed by atoms with Gasteiger partial charge in [0.1, 0.15) is 10.7 Å². The highest BCUT2D eigenvalue weighted by Gasteiger charge is 2.17. The van der Waals surface area contributed by atoms with Crippen molar-refractivity contribution in [2.45, 2.75) is 4.90 Å². The summed E-state index contributed by atoms with van der Waals surface area (Å²) < 4.78 is 41.1. The van der Waals surface area contributed by atoms with Crippen LogP contribution in [0.3, 0.4) is 0 Å². The summed E-state index contributed by atoms with van der Waals surface area (Å²) in [6, 6.07) is 5.12.